The monoisotopic (exact) mass is 385 g/mol. The number of carboxylic acid groups (broad SMARTS) is 1. The number of nitrogens with one attached hydrogen (secondary N) is 1. The van der Waals surface area contributed by atoms with Crippen LogP contribution >= 0.6 is 11.6 Å². The minimum Gasteiger partial charge on any atom is -0.486 e. The van der Waals surface area contributed by atoms with E-state index < -0.39 is 11.9 Å². The fourth-order valence-corrected chi connectivity index (χ4v) is 3.36. The van der Waals surface area contributed by atoms with Gasteiger partial charge >= 0.3 is 5.97 Å². The third-order valence-electron chi connectivity index (χ3n) is 4.61. The predicted octanol–water partition coefficient (Wildman–Crippen LogP) is 4.03. The number of hydrogen-bond acceptors (Lipinski definition) is 4. The van der Waals surface area contributed by atoms with Crippen LogP contribution in [0.3, 0.4) is 0 Å². The van der Waals surface area contributed by atoms with Crippen LogP contribution in [0.1, 0.15) is 28.3 Å². The first-order valence-electron chi connectivity index (χ1n) is 8.45. The average Bonchev–Trinajstić information content (AvgIpc) is 3.06. The zero-order valence-corrected chi connectivity index (χ0v) is 15.0. The number of rotatable bonds is 5. The van der Waals surface area contributed by atoms with E-state index in [2.05, 4.69) is 4.98 Å². The Bertz CT molecular complexity index is 1020. The normalized spacial score (nSPS) is 14.1. The summed E-state index contributed by atoms with van der Waals surface area (Å²) < 4.78 is 11.1. The summed E-state index contributed by atoms with van der Waals surface area (Å²) in [7, 11) is 0. The standard InChI is InChI=1S/C20H16ClNO5/c21-12-3-1-11(2-4-12)17(23)7-14(20(24)25)15-10-22-16-9-19-18(8-13(15)16)26-5-6-27-19/h1-4,8-10,14,22H,5-7H2,(H,24,25). The third-order valence-corrected chi connectivity index (χ3v) is 4.86. The van der Waals surface area contributed by atoms with Crippen molar-refractivity contribution in [3.63, 3.8) is 0 Å². The number of ether oxygens (including phenoxy) is 2. The Hall–Kier alpha value is -2.99. The number of carboxylic acids is 1. The Balaban J connectivity index is 1.68. The van der Waals surface area contributed by atoms with E-state index in [-0.39, 0.29) is 12.2 Å². The van der Waals surface area contributed by atoms with Crippen molar-refractivity contribution in [2.75, 3.05) is 13.2 Å². The number of carbonyl (C=O) groups is 2. The van der Waals surface area contributed by atoms with Crippen molar-refractivity contribution in [1.82, 2.24) is 4.98 Å². The summed E-state index contributed by atoms with van der Waals surface area (Å²) in [5, 5.41) is 11.0. The molecule has 0 aliphatic carbocycles. The lowest BCUT2D eigenvalue weighted by molar-refractivity contribution is -0.138. The Morgan fingerprint density at radius 1 is 1.11 bits per heavy atom. The highest BCUT2D eigenvalue weighted by Crippen LogP contribution is 2.38. The van der Waals surface area contributed by atoms with Crippen LogP contribution in [-0.4, -0.2) is 35.1 Å². The molecular formula is C20H16ClNO5. The average molecular weight is 386 g/mol. The van der Waals surface area contributed by atoms with Crippen LogP contribution in [0.4, 0.5) is 0 Å². The molecule has 1 aliphatic rings. The quantitative estimate of drug-likeness (QED) is 0.647. The maximum Gasteiger partial charge on any atom is 0.311 e. The molecular weight excluding hydrogens is 370 g/mol. The van der Waals surface area contributed by atoms with Crippen molar-refractivity contribution in [3.05, 3.63) is 58.7 Å². The molecule has 138 valence electrons. The van der Waals surface area contributed by atoms with Gasteiger partial charge in [0, 0.05) is 40.2 Å². The van der Waals surface area contributed by atoms with Gasteiger partial charge in [0.2, 0.25) is 0 Å². The Kier molecular flexibility index (Phi) is 4.49. The topological polar surface area (TPSA) is 88.6 Å². The molecule has 0 bridgehead atoms. The number of ketones is 1. The van der Waals surface area contributed by atoms with Gasteiger partial charge in [0.15, 0.2) is 17.3 Å². The summed E-state index contributed by atoms with van der Waals surface area (Å²) in [6.07, 6.45) is 1.47. The number of Topliss-reactive ketones (excluding diaryl/α,β-unsaturated/α-hetero) is 1. The maximum absolute atomic E-state index is 12.6. The van der Waals surface area contributed by atoms with Crippen molar-refractivity contribution in [1.29, 1.82) is 0 Å². The summed E-state index contributed by atoms with van der Waals surface area (Å²) in [4.78, 5) is 27.5. The van der Waals surface area contributed by atoms with Gasteiger partial charge in [0.25, 0.3) is 0 Å². The van der Waals surface area contributed by atoms with Crippen LogP contribution in [0.2, 0.25) is 5.02 Å². The molecule has 27 heavy (non-hydrogen) atoms. The van der Waals surface area contributed by atoms with Crippen LogP contribution in [0.15, 0.2) is 42.6 Å². The molecule has 7 heteroatoms. The summed E-state index contributed by atoms with van der Waals surface area (Å²) in [6.45, 7) is 0.912. The molecule has 0 saturated carbocycles. The lowest BCUT2D eigenvalue weighted by atomic mass is 9.91. The van der Waals surface area contributed by atoms with Crippen molar-refractivity contribution >= 4 is 34.3 Å². The van der Waals surface area contributed by atoms with Crippen molar-refractivity contribution in [2.24, 2.45) is 0 Å². The Morgan fingerprint density at radius 2 is 1.78 bits per heavy atom. The molecule has 1 atom stereocenters. The van der Waals surface area contributed by atoms with Crippen molar-refractivity contribution < 1.29 is 24.2 Å². The van der Waals surface area contributed by atoms with Crippen molar-refractivity contribution in [2.45, 2.75) is 12.3 Å². The number of aliphatic carboxylic acids is 1. The van der Waals surface area contributed by atoms with E-state index in [9.17, 15) is 14.7 Å². The van der Waals surface area contributed by atoms with Gasteiger partial charge in [-0.15, -0.1) is 0 Å². The molecule has 1 aliphatic heterocycles. The molecule has 0 spiro atoms. The molecule has 2 N–H and O–H groups in total. The third kappa shape index (κ3) is 3.36. The van der Waals surface area contributed by atoms with E-state index >= 15 is 0 Å². The molecule has 2 aromatic carbocycles. The molecule has 0 amide bonds. The van der Waals surface area contributed by atoms with Gasteiger partial charge in [-0.2, -0.15) is 0 Å². The molecule has 1 aromatic heterocycles. The van der Waals surface area contributed by atoms with Crippen LogP contribution in [-0.2, 0) is 4.79 Å². The van der Waals surface area contributed by atoms with Crippen LogP contribution in [0, 0.1) is 0 Å². The van der Waals surface area contributed by atoms with Gasteiger partial charge in [-0.1, -0.05) is 11.6 Å². The first-order valence-corrected chi connectivity index (χ1v) is 8.83. The molecule has 0 fully saturated rings. The minimum atomic E-state index is -1.06. The second kappa shape index (κ2) is 6.96. The number of aromatic nitrogens is 1. The number of hydrogen-bond donors (Lipinski definition) is 2. The molecule has 2 heterocycles. The van der Waals surface area contributed by atoms with E-state index in [4.69, 9.17) is 21.1 Å². The smallest absolute Gasteiger partial charge is 0.311 e. The molecule has 0 saturated heterocycles. The summed E-state index contributed by atoms with van der Waals surface area (Å²) in [6, 6.07) is 9.96. The highest BCUT2D eigenvalue weighted by Gasteiger charge is 2.27. The zero-order valence-electron chi connectivity index (χ0n) is 14.2. The van der Waals surface area contributed by atoms with Gasteiger partial charge < -0.3 is 19.6 Å². The minimum absolute atomic E-state index is 0.154. The first kappa shape index (κ1) is 17.4. The van der Waals surface area contributed by atoms with E-state index in [0.29, 0.717) is 46.2 Å². The van der Waals surface area contributed by atoms with Gasteiger partial charge in [-0.3, -0.25) is 9.59 Å². The van der Waals surface area contributed by atoms with E-state index in [0.717, 1.165) is 5.52 Å². The number of carbonyl (C=O) groups excluding carboxylic acids is 1. The van der Waals surface area contributed by atoms with Crippen LogP contribution in [0.5, 0.6) is 11.5 Å². The lowest BCUT2D eigenvalue weighted by Gasteiger charge is -2.18. The fraction of sp³-hybridized carbons (Fsp3) is 0.200. The fourth-order valence-electron chi connectivity index (χ4n) is 3.24. The number of benzene rings is 2. The summed E-state index contributed by atoms with van der Waals surface area (Å²) in [5.41, 5.74) is 1.70. The highest BCUT2D eigenvalue weighted by atomic mass is 35.5. The first-order chi connectivity index (χ1) is 13.0. The number of aromatic amines is 1. The van der Waals surface area contributed by atoms with Crippen LogP contribution < -0.4 is 9.47 Å². The highest BCUT2D eigenvalue weighted by molar-refractivity contribution is 6.30. The Labute approximate surface area is 159 Å². The van der Waals surface area contributed by atoms with E-state index in [1.807, 2.05) is 0 Å². The largest absolute Gasteiger partial charge is 0.486 e. The second-order valence-corrected chi connectivity index (χ2v) is 6.75. The number of H-pyrrole nitrogens is 1. The van der Waals surface area contributed by atoms with E-state index in [1.54, 1.807) is 42.6 Å². The predicted molar refractivity (Wildman–Crippen MR) is 100 cm³/mol. The van der Waals surface area contributed by atoms with Crippen LogP contribution in [0.25, 0.3) is 10.9 Å². The molecule has 3 aromatic rings. The van der Waals surface area contributed by atoms with Gasteiger partial charge in [0.1, 0.15) is 13.2 Å². The number of fused-ring (bicyclic) bond motifs is 2. The molecule has 0 radical (unpaired) electrons. The Morgan fingerprint density at radius 3 is 2.44 bits per heavy atom. The number of halogens is 1. The van der Waals surface area contributed by atoms with Crippen molar-refractivity contribution in [3.8, 4) is 11.5 Å². The molecule has 1 unspecified atom stereocenters. The second-order valence-electron chi connectivity index (χ2n) is 6.31. The lowest BCUT2D eigenvalue weighted by Crippen LogP contribution is -2.17. The molecule has 4 rings (SSSR count). The maximum atomic E-state index is 12.6. The molecule has 6 nitrogen and oxygen atoms in total. The van der Waals surface area contributed by atoms with Gasteiger partial charge in [0.05, 0.1) is 5.92 Å². The zero-order chi connectivity index (χ0) is 19.0. The van der Waals surface area contributed by atoms with Gasteiger partial charge in [-0.05, 0) is 35.9 Å². The van der Waals surface area contributed by atoms with E-state index in [1.165, 1.54) is 0 Å². The summed E-state index contributed by atoms with van der Waals surface area (Å²) in [5.74, 6) is -1.11. The van der Waals surface area contributed by atoms with Gasteiger partial charge in [-0.25, -0.2) is 0 Å². The SMILES string of the molecule is O=C(CC(C(=O)O)c1c[nH]c2cc3c(cc12)OCCO3)c1ccc(Cl)cc1. The summed E-state index contributed by atoms with van der Waals surface area (Å²) >= 11 is 5.85.